The molecule has 0 radical (unpaired) electrons. The zero-order valence-electron chi connectivity index (χ0n) is 20.6. The Kier molecular flexibility index (Phi) is 10.3. The molecule has 0 bridgehead atoms. The Labute approximate surface area is 215 Å². The highest BCUT2D eigenvalue weighted by Crippen LogP contribution is 2.17. The van der Waals surface area contributed by atoms with E-state index in [1.807, 2.05) is 60.7 Å². The number of anilines is 1. The van der Waals surface area contributed by atoms with Crippen LogP contribution in [0, 0.1) is 0 Å². The molecule has 0 unspecified atom stereocenters. The van der Waals surface area contributed by atoms with Crippen LogP contribution in [0.1, 0.15) is 12.0 Å². The monoisotopic (exact) mass is 506 g/mol. The topological polar surface area (TPSA) is 181 Å². The molecule has 196 valence electrons. The molecule has 2 aromatic carbocycles. The number of carbonyl (C=O) groups excluding carboxylic acids is 3. The molecule has 1 heterocycles. The van der Waals surface area contributed by atoms with Crippen molar-refractivity contribution in [1.29, 1.82) is 0 Å². The first kappa shape index (κ1) is 27.5. The van der Waals surface area contributed by atoms with Gasteiger partial charge >= 0.3 is 6.03 Å². The third-order valence-electron chi connectivity index (χ3n) is 5.70. The molecule has 4 amide bonds. The summed E-state index contributed by atoms with van der Waals surface area (Å²) >= 11 is 0. The Morgan fingerprint density at radius 2 is 1.57 bits per heavy atom. The number of pyridine rings is 1. The lowest BCUT2D eigenvalue weighted by atomic mass is 10.0. The molecule has 3 rings (SSSR count). The average Bonchev–Trinajstić information content (AvgIpc) is 2.91. The number of nitrogens with zero attached hydrogens (tertiary/aromatic N) is 2. The number of nitrogens with two attached hydrogens (primary N) is 3. The summed E-state index contributed by atoms with van der Waals surface area (Å²) < 4.78 is 0. The molecule has 2 atom stereocenters. The Bertz CT molecular complexity index is 1180. The number of amides is 4. The van der Waals surface area contributed by atoms with E-state index in [1.165, 1.54) is 4.90 Å². The van der Waals surface area contributed by atoms with Gasteiger partial charge in [0.15, 0.2) is 6.17 Å². The lowest BCUT2D eigenvalue weighted by Gasteiger charge is -2.25. The molecule has 0 aliphatic carbocycles. The molecule has 1 aromatic heterocycles. The maximum absolute atomic E-state index is 13.2. The van der Waals surface area contributed by atoms with Crippen molar-refractivity contribution in [3.8, 4) is 0 Å². The van der Waals surface area contributed by atoms with Crippen molar-refractivity contribution >= 4 is 34.4 Å². The third kappa shape index (κ3) is 8.24. The number of aryl methyl sites for hydroxylation is 1. The molecule has 11 heteroatoms. The quantitative estimate of drug-likeness (QED) is 0.193. The fraction of sp³-hybridized carbons (Fsp3) is 0.308. The van der Waals surface area contributed by atoms with Crippen LogP contribution in [-0.2, 0) is 16.0 Å². The number of para-hydroxylation sites is 1. The van der Waals surface area contributed by atoms with Crippen LogP contribution < -0.4 is 33.2 Å². The molecule has 0 aliphatic heterocycles. The highest BCUT2D eigenvalue weighted by Gasteiger charge is 2.26. The SMILES string of the molecule is NCCN(CCN)C(=O)N[C@H](N)C(=O)N[C@@H](CCc1ccccc1)C(=O)Nc1cnc2ccccc2c1. The molecule has 0 aliphatic rings. The number of rotatable bonds is 12. The van der Waals surface area contributed by atoms with E-state index in [1.54, 1.807) is 6.20 Å². The maximum Gasteiger partial charge on any atom is 0.319 e. The van der Waals surface area contributed by atoms with Gasteiger partial charge in [-0.05, 0) is 30.5 Å². The lowest BCUT2D eigenvalue weighted by Crippen LogP contribution is -2.59. The predicted molar refractivity (Wildman–Crippen MR) is 143 cm³/mol. The molecule has 0 fully saturated rings. The summed E-state index contributed by atoms with van der Waals surface area (Å²) in [7, 11) is 0. The van der Waals surface area contributed by atoms with Gasteiger partial charge in [-0.3, -0.25) is 14.6 Å². The number of carbonyl (C=O) groups is 3. The predicted octanol–water partition coefficient (Wildman–Crippen LogP) is 0.505. The minimum Gasteiger partial charge on any atom is -0.341 e. The van der Waals surface area contributed by atoms with E-state index < -0.39 is 30.1 Å². The van der Waals surface area contributed by atoms with Crippen LogP contribution in [0.3, 0.4) is 0 Å². The Morgan fingerprint density at radius 3 is 2.27 bits per heavy atom. The first-order chi connectivity index (χ1) is 17.9. The maximum atomic E-state index is 13.2. The number of nitrogens with one attached hydrogen (secondary N) is 3. The summed E-state index contributed by atoms with van der Waals surface area (Å²) in [5.74, 6) is -1.12. The van der Waals surface area contributed by atoms with Crippen LogP contribution in [0.2, 0.25) is 0 Å². The van der Waals surface area contributed by atoms with Crippen molar-refractivity contribution in [3.63, 3.8) is 0 Å². The fourth-order valence-electron chi connectivity index (χ4n) is 3.77. The third-order valence-corrected chi connectivity index (χ3v) is 5.70. The second kappa shape index (κ2) is 13.9. The molecule has 11 nitrogen and oxygen atoms in total. The van der Waals surface area contributed by atoms with Crippen molar-refractivity contribution in [2.75, 3.05) is 31.5 Å². The Hall–Kier alpha value is -4.06. The van der Waals surface area contributed by atoms with Crippen molar-refractivity contribution in [2.45, 2.75) is 25.0 Å². The summed E-state index contributed by atoms with van der Waals surface area (Å²) in [6.45, 7) is 0.999. The number of aromatic nitrogens is 1. The van der Waals surface area contributed by atoms with Gasteiger partial charge in [-0.2, -0.15) is 0 Å². The van der Waals surface area contributed by atoms with E-state index in [0.29, 0.717) is 18.5 Å². The van der Waals surface area contributed by atoms with Gasteiger partial charge in [-0.25, -0.2) is 4.79 Å². The first-order valence-electron chi connectivity index (χ1n) is 12.1. The minimum absolute atomic E-state index is 0.236. The first-order valence-corrected chi connectivity index (χ1v) is 12.1. The summed E-state index contributed by atoms with van der Waals surface area (Å²) in [6, 6.07) is 17.5. The minimum atomic E-state index is -1.38. The van der Waals surface area contributed by atoms with Gasteiger partial charge in [0.05, 0.1) is 17.4 Å². The average molecular weight is 507 g/mol. The fourth-order valence-corrected chi connectivity index (χ4v) is 3.77. The van der Waals surface area contributed by atoms with E-state index in [4.69, 9.17) is 17.2 Å². The van der Waals surface area contributed by atoms with Gasteiger partial charge < -0.3 is 38.1 Å². The molecule has 9 N–H and O–H groups in total. The normalized spacial score (nSPS) is 12.4. The van der Waals surface area contributed by atoms with Crippen LogP contribution in [0.25, 0.3) is 10.9 Å². The van der Waals surface area contributed by atoms with Crippen molar-refractivity contribution in [1.82, 2.24) is 20.5 Å². The smallest absolute Gasteiger partial charge is 0.319 e. The number of hydrogen-bond donors (Lipinski definition) is 6. The molecular formula is C26H34N8O3. The molecule has 0 saturated heterocycles. The highest BCUT2D eigenvalue weighted by molar-refractivity contribution is 5.99. The number of urea groups is 1. The van der Waals surface area contributed by atoms with Gasteiger partial charge in [-0.1, -0.05) is 48.5 Å². The van der Waals surface area contributed by atoms with Crippen LogP contribution in [-0.4, -0.2) is 66.1 Å². The van der Waals surface area contributed by atoms with Gasteiger partial charge in [0.2, 0.25) is 5.91 Å². The van der Waals surface area contributed by atoms with Gasteiger partial charge in [0, 0.05) is 31.6 Å². The second-order valence-corrected chi connectivity index (χ2v) is 8.48. The van der Waals surface area contributed by atoms with Gasteiger partial charge in [-0.15, -0.1) is 0 Å². The van der Waals surface area contributed by atoms with Gasteiger partial charge in [0.25, 0.3) is 5.91 Å². The molecule has 0 spiro atoms. The second-order valence-electron chi connectivity index (χ2n) is 8.48. The number of benzene rings is 2. The Morgan fingerprint density at radius 1 is 0.892 bits per heavy atom. The van der Waals surface area contributed by atoms with Crippen molar-refractivity contribution in [2.24, 2.45) is 17.2 Å². The van der Waals surface area contributed by atoms with Crippen LogP contribution >= 0.6 is 0 Å². The van der Waals surface area contributed by atoms with E-state index in [9.17, 15) is 14.4 Å². The zero-order chi connectivity index (χ0) is 26.6. The van der Waals surface area contributed by atoms with Gasteiger partial charge in [0.1, 0.15) is 6.04 Å². The number of hydrogen-bond acceptors (Lipinski definition) is 7. The summed E-state index contributed by atoms with van der Waals surface area (Å²) in [5.41, 5.74) is 19.3. The molecule has 3 aromatic rings. The lowest BCUT2D eigenvalue weighted by molar-refractivity contribution is -0.127. The van der Waals surface area contributed by atoms with Crippen molar-refractivity contribution < 1.29 is 14.4 Å². The molecular weight excluding hydrogens is 472 g/mol. The number of fused-ring (bicyclic) bond motifs is 1. The van der Waals surface area contributed by atoms with Crippen molar-refractivity contribution in [3.05, 3.63) is 72.4 Å². The molecule has 0 saturated carbocycles. The standard InChI is InChI=1S/C26H34N8O3/c27-12-14-34(15-13-28)26(37)33-23(29)25(36)32-22(11-10-18-6-2-1-3-7-18)24(35)31-20-16-19-8-4-5-9-21(19)30-17-20/h1-9,16-17,22-23H,10-15,27-29H2,(H,31,35)(H,32,36)(H,33,37)/t22-,23-/m0/s1. The van der Waals surface area contributed by atoms with Crippen LogP contribution in [0.15, 0.2) is 66.9 Å². The largest absolute Gasteiger partial charge is 0.341 e. The van der Waals surface area contributed by atoms with E-state index in [0.717, 1.165) is 16.5 Å². The summed E-state index contributed by atoms with van der Waals surface area (Å²) in [5, 5.41) is 8.81. The highest BCUT2D eigenvalue weighted by atomic mass is 16.2. The van der Waals surface area contributed by atoms with Crippen LogP contribution in [0.5, 0.6) is 0 Å². The van der Waals surface area contributed by atoms with E-state index in [2.05, 4.69) is 20.9 Å². The Balaban J connectivity index is 1.69. The van der Waals surface area contributed by atoms with E-state index >= 15 is 0 Å². The summed E-state index contributed by atoms with van der Waals surface area (Å²) in [4.78, 5) is 44.3. The molecule has 37 heavy (non-hydrogen) atoms. The summed E-state index contributed by atoms with van der Waals surface area (Å²) in [6.07, 6.45) is 1.04. The van der Waals surface area contributed by atoms with E-state index in [-0.39, 0.29) is 26.2 Å². The zero-order valence-corrected chi connectivity index (χ0v) is 20.6. The van der Waals surface area contributed by atoms with Crippen LogP contribution in [0.4, 0.5) is 10.5 Å².